The zero-order valence-electron chi connectivity index (χ0n) is 7.12. The third kappa shape index (κ3) is 2.43. The van der Waals surface area contributed by atoms with Gasteiger partial charge in [0.2, 0.25) is 0 Å². The lowest BCUT2D eigenvalue weighted by Gasteiger charge is -2.31. The van der Waals surface area contributed by atoms with Crippen LogP contribution in [0.1, 0.15) is 19.8 Å². The van der Waals surface area contributed by atoms with Crippen LogP contribution in [-0.2, 0) is 9.47 Å². The highest BCUT2D eigenvalue weighted by Crippen LogP contribution is 2.24. The molecule has 0 aliphatic carbocycles. The topological polar surface area (TPSA) is 38.7 Å². The molecular weight excluding hydrogens is 144 g/mol. The predicted octanol–water partition coefficient (Wildman–Crippen LogP) is 0.766. The second kappa shape index (κ2) is 4.04. The number of ether oxygens (including phenoxy) is 2. The van der Waals surface area contributed by atoms with E-state index in [2.05, 4.69) is 6.92 Å². The number of aliphatic hydroxyl groups is 1. The van der Waals surface area contributed by atoms with Crippen molar-refractivity contribution >= 4 is 0 Å². The Hall–Kier alpha value is -0.120. The molecule has 1 aliphatic heterocycles. The maximum atomic E-state index is 8.84. The number of hydrogen-bond acceptors (Lipinski definition) is 3. The van der Waals surface area contributed by atoms with Gasteiger partial charge in [-0.3, -0.25) is 0 Å². The van der Waals surface area contributed by atoms with Crippen LogP contribution in [0.4, 0.5) is 0 Å². The van der Waals surface area contributed by atoms with Gasteiger partial charge in [0.05, 0.1) is 12.7 Å². The molecule has 0 saturated carbocycles. The van der Waals surface area contributed by atoms with E-state index in [1.54, 1.807) is 7.11 Å². The standard InChI is InChI=1S/C8H16O3/c1-6-3-7(5-9)11-8(4-6)10-2/h6-9H,3-5H2,1-2H3/t6-,7+,8-/m1/s1. The van der Waals surface area contributed by atoms with Gasteiger partial charge in [-0.25, -0.2) is 0 Å². The second-order valence-electron chi connectivity index (χ2n) is 3.18. The Morgan fingerprint density at radius 3 is 2.82 bits per heavy atom. The van der Waals surface area contributed by atoms with Gasteiger partial charge < -0.3 is 14.6 Å². The summed E-state index contributed by atoms with van der Waals surface area (Å²) >= 11 is 0. The quantitative estimate of drug-likeness (QED) is 0.648. The van der Waals surface area contributed by atoms with Crippen LogP contribution in [0.15, 0.2) is 0 Å². The molecule has 1 aliphatic rings. The van der Waals surface area contributed by atoms with Crippen molar-refractivity contribution in [3.63, 3.8) is 0 Å². The van der Waals surface area contributed by atoms with Crippen molar-refractivity contribution in [3.8, 4) is 0 Å². The van der Waals surface area contributed by atoms with Crippen molar-refractivity contribution in [1.29, 1.82) is 0 Å². The normalized spacial score (nSPS) is 39.0. The van der Waals surface area contributed by atoms with Gasteiger partial charge in [-0.1, -0.05) is 6.92 Å². The van der Waals surface area contributed by atoms with Gasteiger partial charge in [-0.05, 0) is 12.3 Å². The first-order valence-corrected chi connectivity index (χ1v) is 4.05. The van der Waals surface area contributed by atoms with Crippen LogP contribution in [0.2, 0.25) is 0 Å². The third-order valence-corrected chi connectivity index (χ3v) is 2.07. The molecule has 1 saturated heterocycles. The predicted molar refractivity (Wildman–Crippen MR) is 41.2 cm³/mol. The molecule has 0 spiro atoms. The van der Waals surface area contributed by atoms with Crippen molar-refractivity contribution in [1.82, 2.24) is 0 Å². The molecule has 0 unspecified atom stereocenters. The summed E-state index contributed by atoms with van der Waals surface area (Å²) in [6.45, 7) is 2.25. The van der Waals surface area contributed by atoms with Gasteiger partial charge in [-0.15, -0.1) is 0 Å². The molecule has 0 aromatic rings. The van der Waals surface area contributed by atoms with Crippen LogP contribution in [0.3, 0.4) is 0 Å². The summed E-state index contributed by atoms with van der Waals surface area (Å²) < 4.78 is 10.4. The maximum absolute atomic E-state index is 8.84. The molecule has 0 bridgehead atoms. The Balaban J connectivity index is 2.37. The smallest absolute Gasteiger partial charge is 0.157 e. The van der Waals surface area contributed by atoms with Crippen LogP contribution in [0, 0.1) is 5.92 Å². The summed E-state index contributed by atoms with van der Waals surface area (Å²) in [6.07, 6.45) is 1.74. The van der Waals surface area contributed by atoms with E-state index in [4.69, 9.17) is 14.6 Å². The van der Waals surface area contributed by atoms with E-state index in [1.807, 2.05) is 0 Å². The molecule has 3 heteroatoms. The van der Waals surface area contributed by atoms with Crippen LogP contribution in [0.5, 0.6) is 0 Å². The van der Waals surface area contributed by atoms with Crippen molar-refractivity contribution in [2.24, 2.45) is 5.92 Å². The van der Waals surface area contributed by atoms with Gasteiger partial charge in [0, 0.05) is 13.5 Å². The van der Waals surface area contributed by atoms with Crippen LogP contribution < -0.4 is 0 Å². The molecule has 1 N–H and O–H groups in total. The lowest BCUT2D eigenvalue weighted by atomic mass is 9.97. The van der Waals surface area contributed by atoms with Gasteiger partial charge in [0.15, 0.2) is 6.29 Å². The fourth-order valence-corrected chi connectivity index (χ4v) is 1.47. The van der Waals surface area contributed by atoms with E-state index >= 15 is 0 Å². The maximum Gasteiger partial charge on any atom is 0.157 e. The summed E-state index contributed by atoms with van der Waals surface area (Å²) in [7, 11) is 1.64. The molecule has 66 valence electrons. The molecule has 0 aromatic carbocycles. The lowest BCUT2D eigenvalue weighted by molar-refractivity contribution is -0.199. The molecule has 0 radical (unpaired) electrons. The van der Waals surface area contributed by atoms with Crippen LogP contribution >= 0.6 is 0 Å². The Bertz CT molecular complexity index is 104. The van der Waals surface area contributed by atoms with Crippen LogP contribution in [-0.4, -0.2) is 31.2 Å². The monoisotopic (exact) mass is 160 g/mol. The SMILES string of the molecule is CO[C@H]1C[C@H](C)C[C@@H](CO)O1. The largest absolute Gasteiger partial charge is 0.394 e. The minimum absolute atomic E-state index is 0.0244. The molecule has 1 rings (SSSR count). The first kappa shape index (κ1) is 8.97. The summed E-state index contributed by atoms with van der Waals surface area (Å²) in [6, 6.07) is 0. The number of methoxy groups -OCH3 is 1. The molecule has 3 nitrogen and oxygen atoms in total. The number of aliphatic hydroxyl groups excluding tert-OH is 1. The van der Waals surface area contributed by atoms with Gasteiger partial charge in [0.25, 0.3) is 0 Å². The summed E-state index contributed by atoms with van der Waals surface area (Å²) in [5, 5.41) is 8.84. The van der Waals surface area contributed by atoms with Crippen molar-refractivity contribution < 1.29 is 14.6 Å². The Labute approximate surface area is 67.3 Å². The van der Waals surface area contributed by atoms with E-state index < -0.39 is 0 Å². The first-order chi connectivity index (χ1) is 5.26. The average Bonchev–Trinajstić information content (AvgIpc) is 2.03. The fourth-order valence-electron chi connectivity index (χ4n) is 1.47. The molecule has 11 heavy (non-hydrogen) atoms. The van der Waals surface area contributed by atoms with E-state index in [1.165, 1.54) is 0 Å². The Kier molecular flexibility index (Phi) is 3.30. The highest BCUT2D eigenvalue weighted by Gasteiger charge is 2.25. The number of hydrogen-bond donors (Lipinski definition) is 1. The van der Waals surface area contributed by atoms with E-state index in [0.717, 1.165) is 12.8 Å². The summed E-state index contributed by atoms with van der Waals surface area (Å²) in [4.78, 5) is 0. The molecule has 3 atom stereocenters. The van der Waals surface area contributed by atoms with E-state index in [0.29, 0.717) is 5.92 Å². The Morgan fingerprint density at radius 1 is 1.55 bits per heavy atom. The van der Waals surface area contributed by atoms with Crippen molar-refractivity contribution in [3.05, 3.63) is 0 Å². The first-order valence-electron chi connectivity index (χ1n) is 4.05. The summed E-state index contributed by atoms with van der Waals surface area (Å²) in [5.74, 6) is 0.589. The second-order valence-corrected chi connectivity index (χ2v) is 3.18. The molecule has 0 aromatic heterocycles. The highest BCUT2D eigenvalue weighted by molar-refractivity contribution is 4.70. The average molecular weight is 160 g/mol. The lowest BCUT2D eigenvalue weighted by Crippen LogP contribution is -2.34. The Morgan fingerprint density at radius 2 is 2.27 bits per heavy atom. The minimum atomic E-state index is -0.115. The van der Waals surface area contributed by atoms with Crippen LogP contribution in [0.25, 0.3) is 0 Å². The van der Waals surface area contributed by atoms with Gasteiger partial charge in [-0.2, -0.15) is 0 Å². The highest BCUT2D eigenvalue weighted by atomic mass is 16.7. The van der Waals surface area contributed by atoms with Crippen molar-refractivity contribution in [2.75, 3.05) is 13.7 Å². The van der Waals surface area contributed by atoms with E-state index in [9.17, 15) is 0 Å². The zero-order chi connectivity index (χ0) is 8.27. The number of rotatable bonds is 2. The van der Waals surface area contributed by atoms with Crippen molar-refractivity contribution in [2.45, 2.75) is 32.2 Å². The fraction of sp³-hybridized carbons (Fsp3) is 1.00. The minimum Gasteiger partial charge on any atom is -0.394 e. The molecular formula is C8H16O3. The molecule has 0 amide bonds. The molecule has 1 heterocycles. The van der Waals surface area contributed by atoms with E-state index in [-0.39, 0.29) is 19.0 Å². The zero-order valence-corrected chi connectivity index (χ0v) is 7.12. The summed E-state index contributed by atoms with van der Waals surface area (Å²) in [5.41, 5.74) is 0. The molecule has 1 fully saturated rings. The van der Waals surface area contributed by atoms with Gasteiger partial charge in [0.1, 0.15) is 0 Å². The third-order valence-electron chi connectivity index (χ3n) is 2.07. The van der Waals surface area contributed by atoms with Gasteiger partial charge >= 0.3 is 0 Å².